The summed E-state index contributed by atoms with van der Waals surface area (Å²) < 4.78 is 1.95. The number of aryl methyl sites for hydroxylation is 1. The molecule has 3 rings (SSSR count). The normalized spacial score (nSPS) is 12.0. The van der Waals surface area contributed by atoms with E-state index in [1.807, 2.05) is 74.0 Å². The molecule has 1 amide bonds. The van der Waals surface area contributed by atoms with Crippen molar-refractivity contribution in [1.82, 2.24) is 14.9 Å². The second kappa shape index (κ2) is 6.71. The number of rotatable bonds is 4. The summed E-state index contributed by atoms with van der Waals surface area (Å²) in [5, 5.41) is 3.08. The Morgan fingerprint density at radius 3 is 2.54 bits per heavy atom. The second-order valence-corrected chi connectivity index (χ2v) is 6.00. The Balaban J connectivity index is 1.73. The quantitative estimate of drug-likeness (QED) is 0.790. The molecule has 1 aromatic heterocycles. The molecule has 0 bridgehead atoms. The molecule has 2 aromatic carbocycles. The van der Waals surface area contributed by atoms with Gasteiger partial charge in [-0.15, -0.1) is 0 Å². The SMILES string of the molecule is Cc1cccc(C(=O)N[C@@H](C)c2ccc(-n3ccnc3)cc2)c1C. The molecular weight excluding hydrogens is 298 g/mol. The highest BCUT2D eigenvalue weighted by Crippen LogP contribution is 2.18. The summed E-state index contributed by atoms with van der Waals surface area (Å²) in [5.74, 6) is -0.0395. The molecule has 3 aromatic rings. The van der Waals surface area contributed by atoms with E-state index in [0.29, 0.717) is 0 Å². The summed E-state index contributed by atoms with van der Waals surface area (Å²) in [7, 11) is 0. The van der Waals surface area contributed by atoms with Crippen LogP contribution in [0.15, 0.2) is 61.2 Å². The molecule has 0 aliphatic carbocycles. The smallest absolute Gasteiger partial charge is 0.252 e. The molecule has 1 atom stereocenters. The fourth-order valence-electron chi connectivity index (χ4n) is 2.70. The van der Waals surface area contributed by atoms with Gasteiger partial charge < -0.3 is 9.88 Å². The lowest BCUT2D eigenvalue weighted by Gasteiger charge is -2.16. The average molecular weight is 319 g/mol. The maximum atomic E-state index is 12.5. The van der Waals surface area contributed by atoms with Crippen molar-refractivity contribution in [3.63, 3.8) is 0 Å². The zero-order valence-electron chi connectivity index (χ0n) is 14.2. The van der Waals surface area contributed by atoms with Crippen molar-refractivity contribution in [2.45, 2.75) is 26.8 Å². The van der Waals surface area contributed by atoms with Crippen molar-refractivity contribution in [3.8, 4) is 5.69 Å². The van der Waals surface area contributed by atoms with Crippen molar-refractivity contribution in [2.24, 2.45) is 0 Å². The van der Waals surface area contributed by atoms with Gasteiger partial charge in [-0.1, -0.05) is 24.3 Å². The number of benzene rings is 2. The van der Waals surface area contributed by atoms with Crippen LogP contribution in [0.5, 0.6) is 0 Å². The predicted octanol–water partition coefficient (Wildman–Crippen LogP) is 3.98. The van der Waals surface area contributed by atoms with Gasteiger partial charge in [0.05, 0.1) is 12.4 Å². The predicted molar refractivity (Wildman–Crippen MR) is 95.4 cm³/mol. The van der Waals surface area contributed by atoms with Gasteiger partial charge >= 0.3 is 0 Å². The largest absolute Gasteiger partial charge is 0.346 e. The Labute approximate surface area is 142 Å². The summed E-state index contributed by atoms with van der Waals surface area (Å²) in [6.45, 7) is 5.99. The van der Waals surface area contributed by atoms with Crippen LogP contribution in [0.2, 0.25) is 0 Å². The summed E-state index contributed by atoms with van der Waals surface area (Å²) in [6.07, 6.45) is 5.42. The highest BCUT2D eigenvalue weighted by molar-refractivity contribution is 5.96. The summed E-state index contributed by atoms with van der Waals surface area (Å²) >= 11 is 0. The Morgan fingerprint density at radius 2 is 1.88 bits per heavy atom. The van der Waals surface area contributed by atoms with Crippen LogP contribution in [0.3, 0.4) is 0 Å². The Morgan fingerprint density at radius 1 is 1.12 bits per heavy atom. The van der Waals surface area contributed by atoms with E-state index in [2.05, 4.69) is 10.3 Å². The van der Waals surface area contributed by atoms with Gasteiger partial charge in [0.25, 0.3) is 5.91 Å². The molecule has 0 saturated heterocycles. The van der Waals surface area contributed by atoms with Gasteiger partial charge in [-0.05, 0) is 55.7 Å². The second-order valence-electron chi connectivity index (χ2n) is 6.00. The molecule has 0 aliphatic heterocycles. The lowest BCUT2D eigenvalue weighted by atomic mass is 10.0. The maximum Gasteiger partial charge on any atom is 0.252 e. The van der Waals surface area contributed by atoms with Crippen molar-refractivity contribution < 1.29 is 4.79 Å². The van der Waals surface area contributed by atoms with E-state index < -0.39 is 0 Å². The van der Waals surface area contributed by atoms with E-state index in [4.69, 9.17) is 0 Å². The van der Waals surface area contributed by atoms with E-state index in [0.717, 1.165) is 27.9 Å². The number of hydrogen-bond donors (Lipinski definition) is 1. The molecule has 0 radical (unpaired) electrons. The lowest BCUT2D eigenvalue weighted by Crippen LogP contribution is -2.27. The summed E-state index contributed by atoms with van der Waals surface area (Å²) in [4.78, 5) is 16.6. The summed E-state index contributed by atoms with van der Waals surface area (Å²) in [5.41, 5.74) is 5.00. The number of nitrogens with one attached hydrogen (secondary N) is 1. The number of hydrogen-bond acceptors (Lipinski definition) is 2. The topological polar surface area (TPSA) is 46.9 Å². The number of carbonyl (C=O) groups excluding carboxylic acids is 1. The third kappa shape index (κ3) is 3.23. The Hall–Kier alpha value is -2.88. The van der Waals surface area contributed by atoms with Crippen molar-refractivity contribution in [1.29, 1.82) is 0 Å². The first-order chi connectivity index (χ1) is 11.6. The number of amides is 1. The molecule has 0 unspecified atom stereocenters. The molecule has 0 fully saturated rings. The highest BCUT2D eigenvalue weighted by atomic mass is 16.1. The zero-order valence-corrected chi connectivity index (χ0v) is 14.2. The minimum atomic E-state index is -0.0609. The first-order valence-electron chi connectivity index (χ1n) is 8.01. The third-order valence-corrected chi connectivity index (χ3v) is 4.39. The van der Waals surface area contributed by atoms with Gasteiger partial charge in [0, 0.05) is 23.6 Å². The third-order valence-electron chi connectivity index (χ3n) is 4.39. The van der Waals surface area contributed by atoms with Crippen LogP contribution in [0.25, 0.3) is 5.69 Å². The number of aromatic nitrogens is 2. The van der Waals surface area contributed by atoms with Crippen LogP contribution in [0, 0.1) is 13.8 Å². The standard InChI is InChI=1S/C20H21N3O/c1-14-5-4-6-19(15(14)2)20(24)22-16(3)17-7-9-18(10-8-17)23-12-11-21-13-23/h4-13,16H,1-3H3,(H,22,24)/t16-/m0/s1. The van der Waals surface area contributed by atoms with Crippen molar-refractivity contribution in [3.05, 3.63) is 83.4 Å². The minimum Gasteiger partial charge on any atom is -0.346 e. The van der Waals surface area contributed by atoms with Crippen LogP contribution < -0.4 is 5.32 Å². The monoisotopic (exact) mass is 319 g/mol. The molecule has 1 N–H and O–H groups in total. The van der Waals surface area contributed by atoms with Crippen molar-refractivity contribution in [2.75, 3.05) is 0 Å². The molecule has 0 saturated carbocycles. The fraction of sp³-hybridized carbons (Fsp3) is 0.200. The molecular formula is C20H21N3O. The Bertz CT molecular complexity index is 836. The highest BCUT2D eigenvalue weighted by Gasteiger charge is 2.14. The average Bonchev–Trinajstić information content (AvgIpc) is 3.12. The number of imidazole rings is 1. The van der Waals surface area contributed by atoms with Crippen LogP contribution in [0.1, 0.15) is 40.0 Å². The van der Waals surface area contributed by atoms with Gasteiger partial charge in [-0.2, -0.15) is 0 Å². The van der Waals surface area contributed by atoms with Crippen LogP contribution in [-0.4, -0.2) is 15.5 Å². The van der Waals surface area contributed by atoms with Crippen molar-refractivity contribution >= 4 is 5.91 Å². The fourth-order valence-corrected chi connectivity index (χ4v) is 2.70. The van der Waals surface area contributed by atoms with E-state index in [-0.39, 0.29) is 11.9 Å². The number of carbonyl (C=O) groups is 1. The maximum absolute atomic E-state index is 12.5. The van der Waals surface area contributed by atoms with Crippen LogP contribution >= 0.6 is 0 Å². The van der Waals surface area contributed by atoms with Crippen LogP contribution in [0.4, 0.5) is 0 Å². The molecule has 4 nitrogen and oxygen atoms in total. The van der Waals surface area contributed by atoms with Gasteiger partial charge in [0.2, 0.25) is 0 Å². The molecule has 0 spiro atoms. The van der Waals surface area contributed by atoms with Crippen LogP contribution in [-0.2, 0) is 0 Å². The molecule has 1 heterocycles. The molecule has 24 heavy (non-hydrogen) atoms. The van der Waals surface area contributed by atoms with Gasteiger partial charge in [-0.3, -0.25) is 4.79 Å². The summed E-state index contributed by atoms with van der Waals surface area (Å²) in [6, 6.07) is 13.9. The van der Waals surface area contributed by atoms with E-state index in [1.54, 1.807) is 12.5 Å². The number of nitrogens with zero attached hydrogens (tertiary/aromatic N) is 2. The molecule has 4 heteroatoms. The molecule has 0 aliphatic rings. The van der Waals surface area contributed by atoms with E-state index in [1.165, 1.54) is 0 Å². The minimum absolute atomic E-state index is 0.0395. The van der Waals surface area contributed by atoms with E-state index >= 15 is 0 Å². The van der Waals surface area contributed by atoms with E-state index in [9.17, 15) is 4.79 Å². The van der Waals surface area contributed by atoms with Gasteiger partial charge in [0.15, 0.2) is 0 Å². The van der Waals surface area contributed by atoms with Gasteiger partial charge in [0.1, 0.15) is 0 Å². The first-order valence-corrected chi connectivity index (χ1v) is 8.01. The zero-order chi connectivity index (χ0) is 17.1. The lowest BCUT2D eigenvalue weighted by molar-refractivity contribution is 0.0939. The van der Waals surface area contributed by atoms with Gasteiger partial charge in [-0.25, -0.2) is 4.98 Å². The molecule has 122 valence electrons. The Kier molecular flexibility index (Phi) is 4.47. The first kappa shape index (κ1) is 16.0.